The van der Waals surface area contributed by atoms with Gasteiger partial charge in [0, 0.05) is 84.0 Å². The van der Waals surface area contributed by atoms with Crippen LogP contribution in [0, 0.1) is 11.6 Å². The summed E-state index contributed by atoms with van der Waals surface area (Å²) in [5.41, 5.74) is 9.29. The second kappa shape index (κ2) is 16.6. The molecule has 0 atom stereocenters. The third kappa shape index (κ3) is 7.89. The molecule has 6 heterocycles. The number of carbonyl (C=O) groups is 2. The van der Waals surface area contributed by atoms with Crippen molar-refractivity contribution in [2.75, 3.05) is 86.8 Å². The molecule has 4 N–H and O–H groups in total. The van der Waals surface area contributed by atoms with Crippen molar-refractivity contribution in [1.82, 2.24) is 9.80 Å². The minimum absolute atomic E-state index is 0.253. The van der Waals surface area contributed by atoms with Crippen LogP contribution in [0.4, 0.5) is 31.5 Å². The largest absolute Gasteiger partial charge is 0.487 e. The molecule has 10 rings (SSSR count). The molecule has 58 heavy (non-hydrogen) atoms. The zero-order valence-corrected chi connectivity index (χ0v) is 32.2. The number of halogens is 2. The van der Waals surface area contributed by atoms with Crippen molar-refractivity contribution in [3.63, 3.8) is 0 Å². The Kier molecular flexibility index (Phi) is 10.8. The Morgan fingerprint density at radius 1 is 0.569 bits per heavy atom. The van der Waals surface area contributed by atoms with Crippen molar-refractivity contribution in [2.24, 2.45) is 0 Å². The fourth-order valence-corrected chi connectivity index (χ4v) is 8.42. The summed E-state index contributed by atoms with van der Waals surface area (Å²) in [7, 11) is 0. The van der Waals surface area contributed by atoms with Crippen LogP contribution in [0.25, 0.3) is 22.7 Å². The molecule has 0 spiro atoms. The molecule has 300 valence electrons. The third-order valence-electron chi connectivity index (χ3n) is 11.4. The summed E-state index contributed by atoms with van der Waals surface area (Å²) in [4.78, 5) is 29.9. The molecular weight excluding hydrogens is 743 g/mol. The van der Waals surface area contributed by atoms with Crippen molar-refractivity contribution < 1.29 is 32.6 Å². The molecule has 11 nitrogen and oxygen atoms in total. The van der Waals surface area contributed by atoms with Gasteiger partial charge in [-0.05, 0) is 98.7 Å². The van der Waals surface area contributed by atoms with E-state index in [-0.39, 0.29) is 23.4 Å². The number of morpholine rings is 1. The molecule has 0 aliphatic carbocycles. The average Bonchev–Trinajstić information content (AvgIpc) is 4.00. The van der Waals surface area contributed by atoms with E-state index in [1.807, 2.05) is 24.3 Å². The number of ether oxygens (including phenoxy) is 3. The lowest BCUT2D eigenvalue weighted by Crippen LogP contribution is -2.39. The van der Waals surface area contributed by atoms with E-state index in [4.69, 9.17) is 14.2 Å². The fourth-order valence-electron chi connectivity index (χ4n) is 8.42. The van der Waals surface area contributed by atoms with Gasteiger partial charge in [-0.1, -0.05) is 6.42 Å². The Morgan fingerprint density at radius 3 is 1.53 bits per heavy atom. The van der Waals surface area contributed by atoms with Gasteiger partial charge in [-0.2, -0.15) is 0 Å². The van der Waals surface area contributed by atoms with Crippen molar-refractivity contribution in [3.8, 4) is 0 Å². The molecule has 0 unspecified atom stereocenters. The Bertz CT molecular complexity index is 2160. The van der Waals surface area contributed by atoms with Crippen molar-refractivity contribution in [3.05, 3.63) is 118 Å². The average molecular weight is 789 g/mol. The van der Waals surface area contributed by atoms with Gasteiger partial charge in [0.2, 0.25) is 0 Å². The van der Waals surface area contributed by atoms with Crippen LogP contribution in [0.15, 0.2) is 72.8 Å². The summed E-state index contributed by atoms with van der Waals surface area (Å²) in [6, 6.07) is 20.8. The lowest BCUT2D eigenvalue weighted by molar-refractivity contribution is -0.111. The summed E-state index contributed by atoms with van der Waals surface area (Å²) in [5, 5.41) is 12.4. The Balaban J connectivity index is 0.000000150. The topological polar surface area (TPSA) is 116 Å². The molecule has 13 heteroatoms. The highest BCUT2D eigenvalue weighted by molar-refractivity contribution is 6.37. The number of piperidine rings is 1. The number of nitrogens with one attached hydrogen (secondary N) is 4. The van der Waals surface area contributed by atoms with Crippen molar-refractivity contribution >= 4 is 57.2 Å². The second-order valence-corrected chi connectivity index (χ2v) is 15.2. The molecule has 4 aromatic carbocycles. The predicted molar refractivity (Wildman–Crippen MR) is 221 cm³/mol. The van der Waals surface area contributed by atoms with Gasteiger partial charge in [0.25, 0.3) is 11.8 Å². The number of hydrogen-bond donors (Lipinski definition) is 4. The molecule has 4 aromatic rings. The number of hydrogen-bond acceptors (Lipinski definition) is 9. The lowest BCUT2D eigenvalue weighted by Gasteiger charge is -2.26. The van der Waals surface area contributed by atoms with Crippen LogP contribution in [0.3, 0.4) is 0 Å². The summed E-state index contributed by atoms with van der Waals surface area (Å²) in [5.74, 6) is -0.136. The number of anilines is 4. The first kappa shape index (κ1) is 37.8. The van der Waals surface area contributed by atoms with E-state index in [0.717, 1.165) is 86.1 Å². The summed E-state index contributed by atoms with van der Waals surface area (Å²) in [6.07, 6.45) is 3.96. The lowest BCUT2D eigenvalue weighted by atomic mass is 10.00. The SMILES string of the molecule is O=C1Nc2cc(F)ccc2C1=C1OCc2cc(NCCN3CCCCC3)ccc21.O=C1Nc2cc(F)ccc2C1=C1OCc2cc(NCCN3CCOCC3)ccc21. The van der Waals surface area contributed by atoms with Crippen LogP contribution in [0.5, 0.6) is 0 Å². The van der Waals surface area contributed by atoms with Gasteiger partial charge in [0.15, 0.2) is 0 Å². The fraction of sp³-hybridized carbons (Fsp3) is 0.333. The number of fused-ring (bicyclic) bond motifs is 4. The Labute approximate surface area is 336 Å². The van der Waals surface area contributed by atoms with E-state index in [1.165, 1.54) is 56.6 Å². The van der Waals surface area contributed by atoms with E-state index < -0.39 is 0 Å². The minimum atomic E-state index is -0.379. The maximum Gasteiger partial charge on any atom is 0.260 e. The molecule has 0 radical (unpaired) electrons. The van der Waals surface area contributed by atoms with Gasteiger partial charge in [-0.15, -0.1) is 0 Å². The first-order chi connectivity index (χ1) is 28.4. The van der Waals surface area contributed by atoms with Gasteiger partial charge in [0.1, 0.15) is 36.4 Å². The number of nitrogens with zero attached hydrogens (tertiary/aromatic N) is 2. The van der Waals surface area contributed by atoms with Crippen LogP contribution in [0.1, 0.15) is 52.6 Å². The first-order valence-corrected chi connectivity index (χ1v) is 20.1. The van der Waals surface area contributed by atoms with Crippen LogP contribution in [0.2, 0.25) is 0 Å². The smallest absolute Gasteiger partial charge is 0.260 e. The third-order valence-corrected chi connectivity index (χ3v) is 11.4. The maximum absolute atomic E-state index is 13.5. The van der Waals surface area contributed by atoms with Crippen LogP contribution in [-0.2, 0) is 37.0 Å². The van der Waals surface area contributed by atoms with Gasteiger partial charge >= 0.3 is 0 Å². The molecule has 0 aromatic heterocycles. The van der Waals surface area contributed by atoms with Gasteiger partial charge in [-0.25, -0.2) is 8.78 Å². The maximum atomic E-state index is 13.5. The van der Waals surface area contributed by atoms with Gasteiger partial charge < -0.3 is 40.4 Å². The van der Waals surface area contributed by atoms with E-state index in [2.05, 4.69) is 43.2 Å². The van der Waals surface area contributed by atoms with E-state index in [9.17, 15) is 18.4 Å². The minimum Gasteiger partial charge on any atom is -0.487 e. The summed E-state index contributed by atoms with van der Waals surface area (Å²) < 4.78 is 44.1. The van der Waals surface area contributed by atoms with Crippen LogP contribution < -0.4 is 21.3 Å². The second-order valence-electron chi connectivity index (χ2n) is 15.2. The Morgan fingerprint density at radius 2 is 1.03 bits per heavy atom. The number of likely N-dealkylation sites (tertiary alicyclic amines) is 1. The quantitative estimate of drug-likeness (QED) is 0.140. The first-order valence-electron chi connectivity index (χ1n) is 20.1. The normalized spacial score (nSPS) is 20.8. The number of rotatable bonds is 8. The van der Waals surface area contributed by atoms with Crippen molar-refractivity contribution in [2.45, 2.75) is 32.5 Å². The Hall–Kier alpha value is -5.76. The van der Waals surface area contributed by atoms with Gasteiger partial charge in [0.05, 0.1) is 35.7 Å². The van der Waals surface area contributed by atoms with Crippen LogP contribution in [-0.4, -0.2) is 87.2 Å². The number of carbonyl (C=O) groups excluding carboxylic acids is 2. The molecule has 6 aliphatic rings. The van der Waals surface area contributed by atoms with E-state index in [1.54, 1.807) is 12.1 Å². The molecular formula is C45H46F2N6O5. The van der Waals surface area contributed by atoms with Gasteiger partial charge in [-0.3, -0.25) is 14.5 Å². The zero-order valence-electron chi connectivity index (χ0n) is 32.2. The van der Waals surface area contributed by atoms with E-state index in [0.29, 0.717) is 58.4 Å². The summed E-state index contributed by atoms with van der Waals surface area (Å²) >= 11 is 0. The number of amides is 2. The molecule has 6 aliphatic heterocycles. The highest BCUT2D eigenvalue weighted by Crippen LogP contribution is 2.44. The van der Waals surface area contributed by atoms with E-state index >= 15 is 0 Å². The molecule has 0 bridgehead atoms. The predicted octanol–water partition coefficient (Wildman–Crippen LogP) is 6.99. The molecule has 2 saturated heterocycles. The molecule has 2 fully saturated rings. The summed E-state index contributed by atoms with van der Waals surface area (Å²) in [6.45, 7) is 10.6. The number of benzene rings is 4. The zero-order chi connectivity index (χ0) is 39.6. The highest BCUT2D eigenvalue weighted by Gasteiger charge is 2.34. The van der Waals surface area contributed by atoms with Crippen molar-refractivity contribution in [1.29, 1.82) is 0 Å². The van der Waals surface area contributed by atoms with Crippen LogP contribution >= 0.6 is 0 Å². The monoisotopic (exact) mass is 788 g/mol. The molecule has 2 amide bonds. The highest BCUT2D eigenvalue weighted by atomic mass is 19.1. The molecule has 0 saturated carbocycles. The standard InChI is InChI=1S/C23H24FN3O2.C22H22FN3O3/c24-16-4-6-19-20(13-16)26-23(28)21(19)22-18-7-5-17(12-15(18)14-29-22)25-8-11-27-9-2-1-3-10-27;23-15-1-3-18-19(12-15)25-22(27)20(18)21-17-4-2-16(11-14(17)13-29-21)24-5-6-26-7-9-28-10-8-26/h4-7,12-13,25H,1-3,8-11,14H2,(H,26,28);1-4,11-12,24H,5-10,13H2,(H,25,27).